The van der Waals surface area contributed by atoms with Crippen molar-refractivity contribution in [2.24, 2.45) is 11.7 Å². The molecule has 70 valence electrons. The number of carboxylic acid groups (broad SMARTS) is 1. The van der Waals surface area contributed by atoms with E-state index in [-0.39, 0.29) is 19.6 Å². The standard InChI is InChI=1S/C7H13NO4/c1-5(9)12-3-2-6(4-8)7(10)11/h6H,2-4,8H2,1H3,(H,10,11). The third kappa shape index (κ3) is 4.68. The highest BCUT2D eigenvalue weighted by Gasteiger charge is 2.14. The molecule has 0 aromatic heterocycles. The highest BCUT2D eigenvalue weighted by Crippen LogP contribution is 2.01. The first kappa shape index (κ1) is 10.9. The van der Waals surface area contributed by atoms with Gasteiger partial charge in [0.2, 0.25) is 0 Å². The summed E-state index contributed by atoms with van der Waals surface area (Å²) in [5, 5.41) is 8.52. The molecule has 0 saturated heterocycles. The van der Waals surface area contributed by atoms with Crippen molar-refractivity contribution in [2.45, 2.75) is 13.3 Å². The van der Waals surface area contributed by atoms with Crippen LogP contribution >= 0.6 is 0 Å². The Morgan fingerprint density at radius 2 is 2.17 bits per heavy atom. The van der Waals surface area contributed by atoms with E-state index in [0.717, 1.165) is 0 Å². The fourth-order valence-electron chi connectivity index (χ4n) is 0.687. The molecule has 0 aromatic carbocycles. The predicted octanol–water partition coefficient (Wildman–Crippen LogP) is -0.401. The maximum absolute atomic E-state index is 10.4. The first-order valence-corrected chi connectivity index (χ1v) is 3.64. The molecule has 0 bridgehead atoms. The minimum absolute atomic E-state index is 0.0661. The fourth-order valence-corrected chi connectivity index (χ4v) is 0.687. The normalized spacial score (nSPS) is 12.2. The quantitative estimate of drug-likeness (QED) is 0.555. The summed E-state index contributed by atoms with van der Waals surface area (Å²) in [5.74, 6) is -1.98. The van der Waals surface area contributed by atoms with Gasteiger partial charge in [-0.25, -0.2) is 0 Å². The lowest BCUT2D eigenvalue weighted by Gasteiger charge is -2.08. The molecule has 3 N–H and O–H groups in total. The summed E-state index contributed by atoms with van der Waals surface area (Å²) in [6.07, 6.45) is 0.269. The lowest BCUT2D eigenvalue weighted by atomic mass is 10.1. The topological polar surface area (TPSA) is 89.6 Å². The summed E-state index contributed by atoms with van der Waals surface area (Å²) in [4.78, 5) is 20.7. The van der Waals surface area contributed by atoms with Crippen LogP contribution in [0, 0.1) is 5.92 Å². The zero-order valence-electron chi connectivity index (χ0n) is 6.95. The molecule has 0 saturated carbocycles. The van der Waals surface area contributed by atoms with Crippen LogP contribution in [0.4, 0.5) is 0 Å². The van der Waals surface area contributed by atoms with Gasteiger partial charge < -0.3 is 15.6 Å². The molecule has 0 amide bonds. The maximum atomic E-state index is 10.4. The summed E-state index contributed by atoms with van der Waals surface area (Å²) >= 11 is 0. The van der Waals surface area contributed by atoms with E-state index in [1.54, 1.807) is 0 Å². The number of carbonyl (C=O) groups excluding carboxylic acids is 1. The number of rotatable bonds is 5. The highest BCUT2D eigenvalue weighted by molar-refractivity contribution is 5.70. The molecule has 0 fully saturated rings. The van der Waals surface area contributed by atoms with Crippen molar-refractivity contribution in [3.8, 4) is 0 Å². The summed E-state index contributed by atoms with van der Waals surface area (Å²) in [5.41, 5.74) is 5.17. The van der Waals surface area contributed by atoms with Gasteiger partial charge in [0.1, 0.15) is 0 Å². The van der Waals surface area contributed by atoms with Crippen LogP contribution < -0.4 is 5.73 Å². The van der Waals surface area contributed by atoms with Gasteiger partial charge in [-0.15, -0.1) is 0 Å². The van der Waals surface area contributed by atoms with Gasteiger partial charge in [0.05, 0.1) is 12.5 Å². The Kier molecular flexibility index (Phi) is 5.03. The van der Waals surface area contributed by atoms with Gasteiger partial charge in [-0.1, -0.05) is 0 Å². The van der Waals surface area contributed by atoms with Gasteiger partial charge in [-0.2, -0.15) is 0 Å². The van der Waals surface area contributed by atoms with Crippen LogP contribution in [0.1, 0.15) is 13.3 Å². The fraction of sp³-hybridized carbons (Fsp3) is 0.714. The minimum Gasteiger partial charge on any atom is -0.481 e. The molecule has 0 aliphatic rings. The Morgan fingerprint density at radius 3 is 2.50 bits per heavy atom. The molecular weight excluding hydrogens is 162 g/mol. The summed E-state index contributed by atoms with van der Waals surface area (Å²) in [6, 6.07) is 0. The van der Waals surface area contributed by atoms with Gasteiger partial charge >= 0.3 is 11.9 Å². The van der Waals surface area contributed by atoms with Crippen LogP contribution in [0.5, 0.6) is 0 Å². The second-order valence-electron chi connectivity index (χ2n) is 2.40. The number of carbonyl (C=O) groups is 2. The van der Waals surface area contributed by atoms with Crippen molar-refractivity contribution >= 4 is 11.9 Å². The Balaban J connectivity index is 3.59. The first-order chi connectivity index (χ1) is 5.57. The monoisotopic (exact) mass is 175 g/mol. The lowest BCUT2D eigenvalue weighted by molar-refractivity contribution is -0.146. The lowest BCUT2D eigenvalue weighted by Crippen LogP contribution is -2.24. The highest BCUT2D eigenvalue weighted by atomic mass is 16.5. The maximum Gasteiger partial charge on any atom is 0.307 e. The van der Waals surface area contributed by atoms with Crippen LogP contribution in [-0.2, 0) is 14.3 Å². The van der Waals surface area contributed by atoms with Crippen molar-refractivity contribution in [1.29, 1.82) is 0 Å². The van der Waals surface area contributed by atoms with E-state index >= 15 is 0 Å². The molecule has 0 aliphatic heterocycles. The number of aliphatic carboxylic acids is 1. The molecular formula is C7H13NO4. The zero-order chi connectivity index (χ0) is 9.56. The summed E-state index contributed by atoms with van der Waals surface area (Å²) < 4.78 is 4.57. The molecule has 0 aromatic rings. The third-order valence-corrected chi connectivity index (χ3v) is 1.41. The molecule has 0 heterocycles. The smallest absolute Gasteiger partial charge is 0.307 e. The first-order valence-electron chi connectivity index (χ1n) is 3.64. The zero-order valence-corrected chi connectivity index (χ0v) is 6.95. The summed E-state index contributed by atoms with van der Waals surface area (Å²) in [7, 11) is 0. The Bertz CT molecular complexity index is 169. The summed E-state index contributed by atoms with van der Waals surface area (Å²) in [6.45, 7) is 1.46. The Labute approximate surface area is 70.5 Å². The SMILES string of the molecule is CC(=O)OCCC(CN)C(=O)O. The van der Waals surface area contributed by atoms with Crippen molar-refractivity contribution in [1.82, 2.24) is 0 Å². The molecule has 1 atom stereocenters. The van der Waals surface area contributed by atoms with Crippen molar-refractivity contribution < 1.29 is 19.4 Å². The van der Waals surface area contributed by atoms with E-state index in [4.69, 9.17) is 10.8 Å². The van der Waals surface area contributed by atoms with Gasteiger partial charge in [-0.05, 0) is 6.42 Å². The largest absolute Gasteiger partial charge is 0.481 e. The van der Waals surface area contributed by atoms with Gasteiger partial charge in [0, 0.05) is 13.5 Å². The van der Waals surface area contributed by atoms with Crippen LogP contribution in [0.15, 0.2) is 0 Å². The minimum atomic E-state index is -0.954. The van der Waals surface area contributed by atoms with Crippen LogP contribution in [0.3, 0.4) is 0 Å². The van der Waals surface area contributed by atoms with Gasteiger partial charge in [0.15, 0.2) is 0 Å². The molecule has 5 heteroatoms. The molecule has 1 unspecified atom stereocenters. The number of hydrogen-bond donors (Lipinski definition) is 2. The molecule has 5 nitrogen and oxygen atoms in total. The number of carboxylic acids is 1. The Hall–Kier alpha value is -1.10. The molecule has 0 rings (SSSR count). The second kappa shape index (κ2) is 5.54. The van der Waals surface area contributed by atoms with E-state index in [9.17, 15) is 9.59 Å². The second-order valence-corrected chi connectivity index (χ2v) is 2.40. The van der Waals surface area contributed by atoms with E-state index in [1.807, 2.05) is 0 Å². The molecule has 0 spiro atoms. The van der Waals surface area contributed by atoms with Gasteiger partial charge in [-0.3, -0.25) is 9.59 Å². The third-order valence-electron chi connectivity index (χ3n) is 1.41. The molecule has 0 radical (unpaired) electrons. The van der Waals surface area contributed by atoms with Crippen LogP contribution in [0.25, 0.3) is 0 Å². The van der Waals surface area contributed by atoms with E-state index in [1.165, 1.54) is 6.92 Å². The van der Waals surface area contributed by atoms with E-state index < -0.39 is 17.9 Å². The van der Waals surface area contributed by atoms with Crippen molar-refractivity contribution in [2.75, 3.05) is 13.2 Å². The predicted molar refractivity (Wildman–Crippen MR) is 41.4 cm³/mol. The molecule has 0 aliphatic carbocycles. The average molecular weight is 175 g/mol. The van der Waals surface area contributed by atoms with Gasteiger partial charge in [0.25, 0.3) is 0 Å². The number of ether oxygens (including phenoxy) is 1. The number of esters is 1. The van der Waals surface area contributed by atoms with Crippen LogP contribution in [0.2, 0.25) is 0 Å². The number of nitrogens with two attached hydrogens (primary N) is 1. The average Bonchev–Trinajstić information content (AvgIpc) is 1.96. The number of hydrogen-bond acceptors (Lipinski definition) is 4. The van der Waals surface area contributed by atoms with E-state index in [2.05, 4.69) is 4.74 Å². The van der Waals surface area contributed by atoms with Crippen molar-refractivity contribution in [3.63, 3.8) is 0 Å². The van der Waals surface area contributed by atoms with Crippen LogP contribution in [-0.4, -0.2) is 30.2 Å². The molecule has 12 heavy (non-hydrogen) atoms. The van der Waals surface area contributed by atoms with Crippen molar-refractivity contribution in [3.05, 3.63) is 0 Å². The Morgan fingerprint density at radius 1 is 1.58 bits per heavy atom. The van der Waals surface area contributed by atoms with E-state index in [0.29, 0.717) is 0 Å².